The highest BCUT2D eigenvalue weighted by molar-refractivity contribution is 7.19. The third-order valence-electron chi connectivity index (χ3n) is 14.3. The smallest absolute Gasteiger partial charge is 0.0354 e. The summed E-state index contributed by atoms with van der Waals surface area (Å²) in [6, 6.07) is 56.6. The monoisotopic (exact) mass is 796 g/mol. The van der Waals surface area contributed by atoms with Gasteiger partial charge in [-0.2, -0.15) is 0 Å². The lowest BCUT2D eigenvalue weighted by atomic mass is 9.83. The number of fused-ring (bicyclic) bond motifs is 13. The lowest BCUT2D eigenvalue weighted by molar-refractivity contribution is 1.47. The van der Waals surface area contributed by atoms with Gasteiger partial charge >= 0.3 is 0 Å². The van der Waals surface area contributed by atoms with Crippen molar-refractivity contribution in [1.82, 2.24) is 0 Å². The van der Waals surface area contributed by atoms with Crippen LogP contribution in [0.3, 0.4) is 0 Å². The molecular weight excluding hydrogens is 761 g/mol. The highest BCUT2D eigenvalue weighted by Gasteiger charge is 2.30. The highest BCUT2D eigenvalue weighted by atomic mass is 32.1. The molecule has 0 saturated heterocycles. The lowest BCUT2D eigenvalue weighted by Crippen LogP contribution is -1.92. The van der Waals surface area contributed by atoms with Gasteiger partial charge in [0, 0.05) is 19.2 Å². The Hall–Kier alpha value is -6.58. The molecule has 0 amide bonds. The summed E-state index contributed by atoms with van der Waals surface area (Å²) in [6.45, 7) is 9.04. The van der Waals surface area contributed by atoms with Crippen molar-refractivity contribution in [2.45, 2.75) is 27.7 Å². The quantitative estimate of drug-likeness (QED) is 0.153. The van der Waals surface area contributed by atoms with Crippen LogP contribution in [0.2, 0.25) is 0 Å². The Morgan fingerprint density at radius 2 is 0.683 bits per heavy atom. The molecular formula is C58H36S2. The van der Waals surface area contributed by atoms with Crippen molar-refractivity contribution in [2.75, 3.05) is 0 Å². The first-order valence-corrected chi connectivity index (χ1v) is 22.6. The van der Waals surface area contributed by atoms with Crippen LogP contribution in [0.15, 0.2) is 146 Å². The lowest BCUT2D eigenvalue weighted by Gasteiger charge is -2.19. The summed E-state index contributed by atoms with van der Waals surface area (Å²) in [5.41, 5.74) is 18.8. The van der Waals surface area contributed by atoms with Gasteiger partial charge < -0.3 is 0 Å². The molecule has 2 aliphatic rings. The Morgan fingerprint density at radius 3 is 1.12 bits per heavy atom. The van der Waals surface area contributed by atoms with E-state index in [1.54, 1.807) is 0 Å². The van der Waals surface area contributed by atoms with Gasteiger partial charge in [-0.3, -0.25) is 0 Å². The van der Waals surface area contributed by atoms with Crippen LogP contribution in [0, 0.1) is 27.7 Å². The second-order valence-corrected chi connectivity index (χ2v) is 19.7. The molecule has 2 aliphatic carbocycles. The number of hydrogen-bond donors (Lipinski definition) is 0. The van der Waals surface area contributed by atoms with E-state index in [2.05, 4.69) is 173 Å². The third-order valence-corrected chi connectivity index (χ3v) is 16.6. The molecule has 2 heteroatoms. The van der Waals surface area contributed by atoms with Crippen molar-refractivity contribution >= 4 is 96.7 Å². The zero-order valence-corrected chi connectivity index (χ0v) is 35.3. The standard InChI is InChI=1S/C58H36S2/c1-29-31(3)59-51-25-35(17-19-37(29)51)55-43-23-21-40-39(47(43)27-49-41-13-5-9-33-11-7-15-45(53(33)41)57(49)55)22-24-44-48(40)28-50-42-14-6-10-34-12-8-16-46(54(34)42)58(50)56(44)36-18-20-38-30(2)32(4)60-52(38)26-36/h5-28H,1-4H3. The number of aryl methyl sites for hydroxylation is 4. The van der Waals surface area contributed by atoms with Gasteiger partial charge in [0.2, 0.25) is 0 Å². The topological polar surface area (TPSA) is 0 Å². The summed E-state index contributed by atoms with van der Waals surface area (Å²) >= 11 is 3.84. The van der Waals surface area contributed by atoms with Crippen molar-refractivity contribution in [3.63, 3.8) is 0 Å². The van der Waals surface area contributed by atoms with Gasteiger partial charge in [0.25, 0.3) is 0 Å². The van der Waals surface area contributed by atoms with Gasteiger partial charge in [0.1, 0.15) is 0 Å². The highest BCUT2D eigenvalue weighted by Crippen LogP contribution is 2.57. The SMILES string of the molecule is Cc1sc2cc(-c3c4c(cc5c3ccc3c6cc7c(c(-c8ccc9c(C)c(C)sc9c8)c6ccc53)-c3cccc5cccc-7c35)-c3cccc5cccc-4c35)ccc2c1C. The molecule has 60 heavy (non-hydrogen) atoms. The minimum atomic E-state index is 1.29. The molecule has 0 N–H and O–H groups in total. The van der Waals surface area contributed by atoms with Gasteiger partial charge in [-0.1, -0.05) is 121 Å². The van der Waals surface area contributed by atoms with Gasteiger partial charge in [-0.25, -0.2) is 0 Å². The van der Waals surface area contributed by atoms with E-state index in [-0.39, 0.29) is 0 Å². The van der Waals surface area contributed by atoms with Crippen LogP contribution in [0.5, 0.6) is 0 Å². The van der Waals surface area contributed by atoms with Gasteiger partial charge in [0.05, 0.1) is 0 Å². The Kier molecular flexibility index (Phi) is 6.42. The molecule has 2 heterocycles. The molecule has 12 aromatic rings. The fourth-order valence-corrected chi connectivity index (χ4v) is 13.5. The average Bonchev–Trinajstić information content (AvgIpc) is 3.96. The largest absolute Gasteiger partial charge is 0.140 e. The molecule has 2 aromatic heterocycles. The van der Waals surface area contributed by atoms with Crippen molar-refractivity contribution in [3.8, 4) is 66.8 Å². The van der Waals surface area contributed by atoms with Crippen LogP contribution >= 0.6 is 22.7 Å². The Bertz CT molecular complexity index is 3710. The predicted molar refractivity (Wildman–Crippen MR) is 263 cm³/mol. The predicted octanol–water partition coefficient (Wildman–Crippen LogP) is 17.7. The van der Waals surface area contributed by atoms with E-state index in [9.17, 15) is 0 Å². The summed E-state index contributed by atoms with van der Waals surface area (Å²) in [5, 5.41) is 15.9. The number of hydrogen-bond acceptors (Lipinski definition) is 2. The third kappa shape index (κ3) is 4.15. The van der Waals surface area contributed by atoms with E-state index in [4.69, 9.17) is 0 Å². The van der Waals surface area contributed by atoms with E-state index in [0.717, 1.165) is 0 Å². The molecule has 0 unspecified atom stereocenters. The first-order chi connectivity index (χ1) is 29.4. The van der Waals surface area contributed by atoms with Gasteiger partial charge in [-0.15, -0.1) is 22.7 Å². The fraction of sp³-hybridized carbons (Fsp3) is 0.0690. The van der Waals surface area contributed by atoms with Gasteiger partial charge in [0.15, 0.2) is 0 Å². The molecule has 0 radical (unpaired) electrons. The van der Waals surface area contributed by atoms with E-state index in [0.29, 0.717) is 0 Å². The van der Waals surface area contributed by atoms with Crippen molar-refractivity contribution in [1.29, 1.82) is 0 Å². The van der Waals surface area contributed by atoms with E-state index < -0.39 is 0 Å². The van der Waals surface area contributed by atoms with Crippen molar-refractivity contribution < 1.29 is 0 Å². The maximum absolute atomic E-state index is 2.52. The molecule has 0 saturated carbocycles. The van der Waals surface area contributed by atoms with E-state index >= 15 is 0 Å². The normalized spacial score (nSPS) is 12.7. The van der Waals surface area contributed by atoms with Crippen molar-refractivity contribution in [2.24, 2.45) is 0 Å². The second kappa shape index (κ2) is 11.6. The first kappa shape index (κ1) is 33.3. The molecule has 0 aliphatic heterocycles. The van der Waals surface area contributed by atoms with Crippen LogP contribution in [0.25, 0.3) is 141 Å². The average molecular weight is 797 g/mol. The zero-order valence-electron chi connectivity index (χ0n) is 33.7. The van der Waals surface area contributed by atoms with Crippen LogP contribution < -0.4 is 0 Å². The second-order valence-electron chi connectivity index (χ2n) is 17.2. The summed E-state index contributed by atoms with van der Waals surface area (Å²) in [5.74, 6) is 0. The van der Waals surface area contributed by atoms with E-state index in [1.165, 1.54) is 162 Å². The van der Waals surface area contributed by atoms with Crippen LogP contribution in [0.1, 0.15) is 20.9 Å². The van der Waals surface area contributed by atoms with Gasteiger partial charge in [-0.05, 0) is 194 Å². The summed E-state index contributed by atoms with van der Waals surface area (Å²) in [6.07, 6.45) is 0. The first-order valence-electron chi connectivity index (χ1n) is 21.0. The molecule has 0 nitrogen and oxygen atoms in total. The van der Waals surface area contributed by atoms with Crippen LogP contribution in [-0.2, 0) is 0 Å². The maximum Gasteiger partial charge on any atom is 0.0354 e. The Balaban J connectivity index is 1.12. The molecule has 0 fully saturated rings. The number of rotatable bonds is 2. The summed E-state index contributed by atoms with van der Waals surface area (Å²) < 4.78 is 2.72. The molecule has 0 atom stereocenters. The maximum atomic E-state index is 2.52. The minimum Gasteiger partial charge on any atom is -0.140 e. The Morgan fingerprint density at radius 1 is 0.300 bits per heavy atom. The van der Waals surface area contributed by atoms with Crippen LogP contribution in [0.4, 0.5) is 0 Å². The van der Waals surface area contributed by atoms with Crippen molar-refractivity contribution in [3.05, 3.63) is 166 Å². The van der Waals surface area contributed by atoms with E-state index in [1.807, 2.05) is 22.7 Å². The van der Waals surface area contributed by atoms with Crippen LogP contribution in [-0.4, -0.2) is 0 Å². The molecule has 10 aromatic carbocycles. The molecule has 14 rings (SSSR count). The summed E-state index contributed by atoms with van der Waals surface area (Å²) in [4.78, 5) is 2.79. The summed E-state index contributed by atoms with van der Waals surface area (Å²) in [7, 11) is 0. The number of thiophene rings is 2. The molecule has 0 bridgehead atoms. The molecule has 0 spiro atoms. The zero-order chi connectivity index (χ0) is 39.7. The number of benzene rings is 10. The Labute approximate surface area is 355 Å². The minimum absolute atomic E-state index is 1.29. The molecule has 280 valence electrons. The fourth-order valence-electron chi connectivity index (χ4n) is 11.3.